The lowest BCUT2D eigenvalue weighted by Gasteiger charge is -2.49. The van der Waals surface area contributed by atoms with Gasteiger partial charge in [-0.15, -0.1) is 0 Å². The fourth-order valence-corrected chi connectivity index (χ4v) is 6.55. The lowest BCUT2D eigenvalue weighted by molar-refractivity contribution is -0.244. The van der Waals surface area contributed by atoms with Crippen molar-refractivity contribution in [3.8, 4) is 5.75 Å². The van der Waals surface area contributed by atoms with Gasteiger partial charge in [-0.05, 0) is 17.0 Å². The summed E-state index contributed by atoms with van der Waals surface area (Å²) in [5.41, 5.74) is 0.876. The molecule has 2 heterocycles. The van der Waals surface area contributed by atoms with Crippen molar-refractivity contribution < 1.29 is 24.4 Å². The van der Waals surface area contributed by atoms with Gasteiger partial charge in [0.15, 0.2) is 6.29 Å². The Balaban J connectivity index is 1.56. The first-order valence-corrected chi connectivity index (χ1v) is 10.4. The molecule has 0 saturated carbocycles. The molecule has 0 aliphatic carbocycles. The van der Waals surface area contributed by atoms with E-state index in [0.717, 1.165) is 11.3 Å². The molecule has 2 fully saturated rings. The van der Waals surface area contributed by atoms with Crippen LogP contribution in [-0.2, 0) is 9.47 Å². The van der Waals surface area contributed by atoms with Gasteiger partial charge < -0.3 is 24.4 Å². The Morgan fingerprint density at radius 1 is 1.04 bits per heavy atom. The van der Waals surface area contributed by atoms with Crippen LogP contribution < -0.4 is 4.74 Å². The molecule has 0 aromatic heterocycles. The van der Waals surface area contributed by atoms with Crippen LogP contribution in [0.3, 0.4) is 0 Å². The Labute approximate surface area is 155 Å². The van der Waals surface area contributed by atoms with Gasteiger partial charge in [-0.3, -0.25) is 0 Å². The van der Waals surface area contributed by atoms with Crippen LogP contribution in [0.5, 0.6) is 5.75 Å². The molecule has 0 amide bonds. The van der Waals surface area contributed by atoms with E-state index in [1.807, 2.05) is 42.5 Å². The van der Waals surface area contributed by atoms with Crippen LogP contribution in [0.2, 0.25) is 0 Å². The first-order chi connectivity index (χ1) is 12.7. The Bertz CT molecular complexity index is 723. The summed E-state index contributed by atoms with van der Waals surface area (Å²) in [5.74, 6) is 1.34. The highest BCUT2D eigenvalue weighted by Crippen LogP contribution is 2.50. The van der Waals surface area contributed by atoms with Gasteiger partial charge in [0.2, 0.25) is 0 Å². The number of rotatable bonds is 3. The third-order valence-electron chi connectivity index (χ3n) is 5.07. The number of aliphatic hydroxyl groups excluding tert-OH is 2. The number of methoxy groups -OCH3 is 1. The number of thiol groups is 1. The lowest BCUT2D eigenvalue weighted by Crippen LogP contribution is -2.56. The fraction of sp³-hybridized carbons (Fsp3) is 0.400. The largest absolute Gasteiger partial charge is 0.497 e. The maximum absolute atomic E-state index is 10.5. The van der Waals surface area contributed by atoms with E-state index < -0.39 is 35.5 Å². The van der Waals surface area contributed by atoms with Crippen molar-refractivity contribution in [1.82, 2.24) is 0 Å². The summed E-state index contributed by atoms with van der Waals surface area (Å²) in [7, 11) is 0.958. The molecule has 2 saturated heterocycles. The molecule has 26 heavy (non-hydrogen) atoms. The van der Waals surface area contributed by atoms with Crippen LogP contribution in [0, 0.1) is 0 Å². The number of ether oxygens (including phenoxy) is 3. The minimum Gasteiger partial charge on any atom is -0.497 e. The van der Waals surface area contributed by atoms with Crippen LogP contribution in [0.1, 0.15) is 11.9 Å². The third kappa shape index (κ3) is 3.35. The molecular formula is C20H24O5S. The van der Waals surface area contributed by atoms with Crippen LogP contribution >= 0.6 is 10.9 Å². The summed E-state index contributed by atoms with van der Waals surface area (Å²) in [6.45, 7) is 0.506. The fourth-order valence-electron chi connectivity index (χ4n) is 3.65. The Morgan fingerprint density at radius 2 is 1.77 bits per heavy atom. The van der Waals surface area contributed by atoms with E-state index in [1.54, 1.807) is 7.11 Å². The SMILES string of the molecule is COc1ccc(C2OC[C@@H]3[C@H](O2)[C@H](O)[C@@H](O)C[SH]3c2ccccc2)cc1. The highest BCUT2D eigenvalue weighted by molar-refractivity contribution is 8.17. The molecule has 140 valence electrons. The molecule has 6 heteroatoms. The van der Waals surface area contributed by atoms with Gasteiger partial charge in [0, 0.05) is 16.6 Å². The second kappa shape index (κ2) is 7.58. The molecule has 0 bridgehead atoms. The second-order valence-electron chi connectivity index (χ2n) is 6.65. The van der Waals surface area contributed by atoms with Crippen molar-refractivity contribution in [2.24, 2.45) is 0 Å². The lowest BCUT2D eigenvalue weighted by atomic mass is 10.0. The zero-order chi connectivity index (χ0) is 18.1. The molecule has 2 aromatic carbocycles. The van der Waals surface area contributed by atoms with Gasteiger partial charge in [-0.2, -0.15) is 0 Å². The Kier molecular flexibility index (Phi) is 5.20. The summed E-state index contributed by atoms with van der Waals surface area (Å²) in [4.78, 5) is 1.21. The van der Waals surface area contributed by atoms with E-state index >= 15 is 0 Å². The molecule has 4 rings (SSSR count). The number of aliphatic hydroxyl groups is 2. The normalized spacial score (nSPS) is 35.5. The van der Waals surface area contributed by atoms with Crippen molar-refractivity contribution in [3.63, 3.8) is 0 Å². The van der Waals surface area contributed by atoms with Gasteiger partial charge in [-0.1, -0.05) is 42.5 Å². The van der Waals surface area contributed by atoms with E-state index in [0.29, 0.717) is 12.4 Å². The Hall–Kier alpha value is -1.57. The van der Waals surface area contributed by atoms with Crippen molar-refractivity contribution in [1.29, 1.82) is 0 Å². The van der Waals surface area contributed by atoms with Crippen molar-refractivity contribution in [2.75, 3.05) is 19.5 Å². The Morgan fingerprint density at radius 3 is 2.46 bits per heavy atom. The maximum atomic E-state index is 10.5. The zero-order valence-corrected chi connectivity index (χ0v) is 15.5. The molecule has 0 radical (unpaired) electrons. The van der Waals surface area contributed by atoms with Crippen LogP contribution in [0.15, 0.2) is 59.5 Å². The van der Waals surface area contributed by atoms with Gasteiger partial charge in [0.25, 0.3) is 0 Å². The molecule has 2 aliphatic heterocycles. The van der Waals surface area contributed by atoms with Gasteiger partial charge in [0.05, 0.1) is 19.8 Å². The van der Waals surface area contributed by atoms with Crippen molar-refractivity contribution >= 4 is 10.9 Å². The van der Waals surface area contributed by atoms with E-state index in [2.05, 4.69) is 12.1 Å². The quantitative estimate of drug-likeness (QED) is 0.717. The van der Waals surface area contributed by atoms with Crippen LogP contribution in [0.25, 0.3) is 0 Å². The summed E-state index contributed by atoms with van der Waals surface area (Å²) >= 11 is 0. The third-order valence-corrected chi connectivity index (χ3v) is 8.04. The first kappa shape index (κ1) is 17.8. The van der Waals surface area contributed by atoms with E-state index in [-0.39, 0.29) is 5.25 Å². The summed E-state index contributed by atoms with van der Waals surface area (Å²) < 4.78 is 17.3. The highest BCUT2D eigenvalue weighted by Gasteiger charge is 2.47. The van der Waals surface area contributed by atoms with E-state index in [4.69, 9.17) is 14.2 Å². The second-order valence-corrected chi connectivity index (χ2v) is 9.14. The molecule has 5 nitrogen and oxygen atoms in total. The number of hydrogen-bond donors (Lipinski definition) is 3. The molecular weight excluding hydrogens is 352 g/mol. The number of hydrogen-bond acceptors (Lipinski definition) is 5. The standard InChI is InChI=1S/C20H24O5S/c1-23-14-9-7-13(8-10-14)20-24-11-17-19(25-20)18(22)16(21)12-26(17)15-5-3-2-4-6-15/h2-10,16-22,26H,11-12H2,1H3/t16-,17+,18+,19-,20?/m0/s1. The smallest absolute Gasteiger partial charge is 0.184 e. The molecule has 2 N–H and O–H groups in total. The monoisotopic (exact) mass is 376 g/mol. The minimum absolute atomic E-state index is 0.0697. The topological polar surface area (TPSA) is 68.2 Å². The van der Waals surface area contributed by atoms with Crippen molar-refractivity contribution in [2.45, 2.75) is 34.7 Å². The number of benzene rings is 2. The predicted octanol–water partition coefficient (Wildman–Crippen LogP) is 2.27. The zero-order valence-electron chi connectivity index (χ0n) is 14.6. The average Bonchev–Trinajstić information content (AvgIpc) is 2.71. The highest BCUT2D eigenvalue weighted by atomic mass is 32.2. The molecule has 2 unspecified atom stereocenters. The summed E-state index contributed by atoms with van der Waals surface area (Å²) in [6, 6.07) is 17.7. The summed E-state index contributed by atoms with van der Waals surface area (Å²) in [6.07, 6.45) is -2.66. The molecule has 6 atom stereocenters. The molecule has 0 spiro atoms. The van der Waals surface area contributed by atoms with Crippen molar-refractivity contribution in [3.05, 3.63) is 60.2 Å². The molecule has 2 aliphatic rings. The predicted molar refractivity (Wildman–Crippen MR) is 101 cm³/mol. The van der Waals surface area contributed by atoms with E-state index in [9.17, 15) is 10.2 Å². The first-order valence-electron chi connectivity index (χ1n) is 8.76. The van der Waals surface area contributed by atoms with Gasteiger partial charge in [0.1, 0.15) is 18.0 Å². The number of fused-ring (bicyclic) bond motifs is 1. The van der Waals surface area contributed by atoms with Gasteiger partial charge in [-0.25, -0.2) is 10.9 Å². The minimum atomic E-state index is -0.896. The summed E-state index contributed by atoms with van der Waals surface area (Å²) in [5, 5.41) is 21.0. The van der Waals surface area contributed by atoms with Crippen LogP contribution in [0.4, 0.5) is 0 Å². The van der Waals surface area contributed by atoms with Gasteiger partial charge >= 0.3 is 0 Å². The van der Waals surface area contributed by atoms with Crippen LogP contribution in [-0.4, -0.2) is 53.2 Å². The average molecular weight is 376 g/mol. The molecule has 2 aromatic rings. The maximum Gasteiger partial charge on any atom is 0.184 e. The van der Waals surface area contributed by atoms with E-state index in [1.165, 1.54) is 4.90 Å².